The number of hydrogen-bond donors (Lipinski definition) is 2. The zero-order valence-corrected chi connectivity index (χ0v) is 11.1. The number of nitrogens with zero attached hydrogens (tertiary/aromatic N) is 1. The van der Waals surface area contributed by atoms with Crippen LogP contribution in [0, 0.1) is 12.8 Å². The molecule has 2 N–H and O–H groups in total. The summed E-state index contributed by atoms with van der Waals surface area (Å²) in [5.74, 6) is -1.15. The molecule has 1 aromatic rings. The molecule has 1 aromatic heterocycles. The lowest BCUT2D eigenvalue weighted by Gasteiger charge is -2.12. The second-order valence-electron chi connectivity index (χ2n) is 4.16. The molecule has 0 unspecified atom stereocenters. The van der Waals surface area contributed by atoms with Crippen LogP contribution in [0.2, 0.25) is 0 Å². The predicted molar refractivity (Wildman–Crippen MR) is 65.2 cm³/mol. The molecule has 0 aliphatic heterocycles. The van der Waals surface area contributed by atoms with Crippen molar-refractivity contribution in [3.8, 4) is 0 Å². The van der Waals surface area contributed by atoms with Gasteiger partial charge in [-0.15, -0.1) is 11.3 Å². The van der Waals surface area contributed by atoms with E-state index < -0.39 is 5.97 Å². The highest BCUT2D eigenvalue weighted by Gasteiger charge is 2.19. The Labute approximate surface area is 104 Å². The van der Waals surface area contributed by atoms with E-state index >= 15 is 0 Å². The minimum atomic E-state index is -0.978. The van der Waals surface area contributed by atoms with Gasteiger partial charge < -0.3 is 10.4 Å². The van der Waals surface area contributed by atoms with Gasteiger partial charge in [0.15, 0.2) is 0 Å². The lowest BCUT2D eigenvalue weighted by atomic mass is 10.2. The van der Waals surface area contributed by atoms with Crippen LogP contribution in [0.25, 0.3) is 0 Å². The molecule has 0 saturated heterocycles. The van der Waals surface area contributed by atoms with Crippen LogP contribution in [0.3, 0.4) is 0 Å². The van der Waals surface area contributed by atoms with Crippen LogP contribution in [0.5, 0.6) is 0 Å². The van der Waals surface area contributed by atoms with Crippen molar-refractivity contribution in [2.45, 2.75) is 33.7 Å². The molecule has 0 saturated carbocycles. The SMILES string of the molecule is Cc1nc([C@H](C)NC(=O)C(C)C)sc1C(=O)O. The fourth-order valence-electron chi connectivity index (χ4n) is 1.24. The quantitative estimate of drug-likeness (QED) is 0.863. The van der Waals surface area contributed by atoms with E-state index in [4.69, 9.17) is 5.11 Å². The van der Waals surface area contributed by atoms with E-state index in [1.807, 2.05) is 0 Å². The largest absolute Gasteiger partial charge is 0.477 e. The van der Waals surface area contributed by atoms with Crippen molar-refractivity contribution in [1.82, 2.24) is 10.3 Å². The van der Waals surface area contributed by atoms with Gasteiger partial charge in [0.05, 0.1) is 11.7 Å². The number of carbonyl (C=O) groups is 2. The molecule has 0 fully saturated rings. The molecule has 17 heavy (non-hydrogen) atoms. The third kappa shape index (κ3) is 3.26. The maximum absolute atomic E-state index is 11.5. The summed E-state index contributed by atoms with van der Waals surface area (Å²) >= 11 is 1.10. The minimum Gasteiger partial charge on any atom is -0.477 e. The Hall–Kier alpha value is -1.43. The number of rotatable bonds is 4. The fraction of sp³-hybridized carbons (Fsp3) is 0.545. The fourth-order valence-corrected chi connectivity index (χ4v) is 2.15. The van der Waals surface area contributed by atoms with Crippen LogP contribution in [-0.4, -0.2) is 22.0 Å². The van der Waals surface area contributed by atoms with Crippen molar-refractivity contribution in [3.63, 3.8) is 0 Å². The van der Waals surface area contributed by atoms with Gasteiger partial charge in [-0.1, -0.05) is 13.8 Å². The van der Waals surface area contributed by atoms with Crippen LogP contribution in [0.4, 0.5) is 0 Å². The summed E-state index contributed by atoms with van der Waals surface area (Å²) in [6, 6.07) is -0.262. The third-order valence-corrected chi connectivity index (χ3v) is 3.59. The van der Waals surface area contributed by atoms with Gasteiger partial charge in [-0.05, 0) is 13.8 Å². The molecular weight excluding hydrogens is 240 g/mol. The number of nitrogens with one attached hydrogen (secondary N) is 1. The second-order valence-corrected chi connectivity index (χ2v) is 5.19. The van der Waals surface area contributed by atoms with Gasteiger partial charge in [0, 0.05) is 5.92 Å². The predicted octanol–water partition coefficient (Wildman–Crippen LogP) is 1.98. The molecule has 1 rings (SSSR count). The first kappa shape index (κ1) is 13.6. The molecule has 0 bridgehead atoms. The Bertz CT molecular complexity index is 440. The van der Waals surface area contributed by atoms with Crippen molar-refractivity contribution in [3.05, 3.63) is 15.6 Å². The molecular formula is C11H16N2O3S. The van der Waals surface area contributed by atoms with Crippen molar-refractivity contribution >= 4 is 23.2 Å². The second kappa shape index (κ2) is 5.27. The maximum Gasteiger partial charge on any atom is 0.347 e. The molecule has 1 atom stereocenters. The molecule has 0 aliphatic carbocycles. The van der Waals surface area contributed by atoms with E-state index in [-0.39, 0.29) is 22.7 Å². The van der Waals surface area contributed by atoms with Crippen molar-refractivity contribution in [2.75, 3.05) is 0 Å². The average molecular weight is 256 g/mol. The van der Waals surface area contributed by atoms with Crippen LogP contribution in [0.15, 0.2) is 0 Å². The number of carbonyl (C=O) groups excluding carboxylic acids is 1. The molecule has 0 aromatic carbocycles. The van der Waals surface area contributed by atoms with Crippen LogP contribution in [-0.2, 0) is 4.79 Å². The van der Waals surface area contributed by atoms with Crippen LogP contribution < -0.4 is 5.32 Å². The van der Waals surface area contributed by atoms with Gasteiger partial charge in [0.25, 0.3) is 0 Å². The van der Waals surface area contributed by atoms with E-state index in [2.05, 4.69) is 10.3 Å². The Morgan fingerprint density at radius 1 is 1.35 bits per heavy atom. The number of carboxylic acids is 1. The summed E-state index contributed by atoms with van der Waals surface area (Å²) in [4.78, 5) is 26.8. The number of carboxylic acid groups (broad SMARTS) is 1. The van der Waals surface area contributed by atoms with Gasteiger partial charge >= 0.3 is 5.97 Å². The van der Waals surface area contributed by atoms with E-state index in [0.29, 0.717) is 10.7 Å². The van der Waals surface area contributed by atoms with Crippen LogP contribution >= 0.6 is 11.3 Å². The van der Waals surface area contributed by atoms with Crippen LogP contribution in [0.1, 0.15) is 47.2 Å². The highest BCUT2D eigenvalue weighted by atomic mass is 32.1. The molecule has 0 radical (unpaired) electrons. The Morgan fingerprint density at radius 3 is 2.35 bits per heavy atom. The first-order valence-corrected chi connectivity index (χ1v) is 6.15. The lowest BCUT2D eigenvalue weighted by molar-refractivity contribution is -0.124. The number of hydrogen-bond acceptors (Lipinski definition) is 4. The number of aromatic carboxylic acids is 1. The lowest BCUT2D eigenvalue weighted by Crippen LogP contribution is -2.30. The normalized spacial score (nSPS) is 12.5. The summed E-state index contributed by atoms with van der Waals surface area (Å²) in [6.45, 7) is 7.06. The van der Waals surface area contributed by atoms with Gasteiger partial charge in [0.1, 0.15) is 9.88 Å². The number of aryl methyl sites for hydroxylation is 1. The van der Waals surface area contributed by atoms with E-state index in [1.165, 1.54) is 0 Å². The number of amides is 1. The first-order valence-electron chi connectivity index (χ1n) is 5.34. The van der Waals surface area contributed by atoms with Gasteiger partial charge in [-0.3, -0.25) is 4.79 Å². The number of aromatic nitrogens is 1. The van der Waals surface area contributed by atoms with E-state index in [0.717, 1.165) is 11.3 Å². The molecule has 1 heterocycles. The topological polar surface area (TPSA) is 79.3 Å². The first-order chi connectivity index (χ1) is 7.82. The minimum absolute atomic E-state index is 0.0674. The Morgan fingerprint density at radius 2 is 1.94 bits per heavy atom. The standard InChI is InChI=1S/C11H16N2O3S/c1-5(2)9(14)12-7(4)10-13-6(3)8(17-10)11(15)16/h5,7H,1-4H3,(H,12,14)(H,15,16)/t7-/m0/s1. The van der Waals surface area contributed by atoms with Crippen molar-refractivity contribution < 1.29 is 14.7 Å². The van der Waals surface area contributed by atoms with Gasteiger partial charge in [-0.25, -0.2) is 9.78 Å². The Balaban J connectivity index is 2.83. The summed E-state index contributed by atoms with van der Waals surface area (Å²) in [5, 5.41) is 12.3. The van der Waals surface area contributed by atoms with Gasteiger partial charge in [0.2, 0.25) is 5.91 Å². The molecule has 5 nitrogen and oxygen atoms in total. The summed E-state index contributed by atoms with van der Waals surface area (Å²) < 4.78 is 0. The third-order valence-electron chi connectivity index (χ3n) is 2.26. The van der Waals surface area contributed by atoms with Crippen molar-refractivity contribution in [1.29, 1.82) is 0 Å². The zero-order chi connectivity index (χ0) is 13.2. The molecule has 94 valence electrons. The summed E-state index contributed by atoms with van der Waals surface area (Å²) in [6.07, 6.45) is 0. The average Bonchev–Trinajstić information content (AvgIpc) is 2.60. The highest BCUT2D eigenvalue weighted by molar-refractivity contribution is 7.13. The number of thiazole rings is 1. The molecule has 6 heteroatoms. The van der Waals surface area contributed by atoms with Gasteiger partial charge in [-0.2, -0.15) is 0 Å². The molecule has 0 aliphatic rings. The molecule has 1 amide bonds. The van der Waals surface area contributed by atoms with E-state index in [9.17, 15) is 9.59 Å². The smallest absolute Gasteiger partial charge is 0.347 e. The zero-order valence-electron chi connectivity index (χ0n) is 10.3. The molecule has 0 spiro atoms. The van der Waals surface area contributed by atoms with Crippen molar-refractivity contribution in [2.24, 2.45) is 5.92 Å². The summed E-state index contributed by atoms with van der Waals surface area (Å²) in [7, 11) is 0. The van der Waals surface area contributed by atoms with E-state index in [1.54, 1.807) is 27.7 Å². The monoisotopic (exact) mass is 256 g/mol. The Kier molecular flexibility index (Phi) is 4.22. The summed E-state index contributed by atoms with van der Waals surface area (Å²) in [5.41, 5.74) is 0.489. The highest BCUT2D eigenvalue weighted by Crippen LogP contribution is 2.23. The maximum atomic E-state index is 11.5.